The van der Waals surface area contributed by atoms with Gasteiger partial charge in [-0.3, -0.25) is 0 Å². The van der Waals surface area contributed by atoms with Crippen molar-refractivity contribution >= 4 is 6.09 Å². The molecule has 32 heavy (non-hydrogen) atoms. The Morgan fingerprint density at radius 1 is 0.938 bits per heavy atom. The molecule has 0 N–H and O–H groups in total. The highest BCUT2D eigenvalue weighted by Gasteiger charge is 2.27. The molecule has 3 rings (SSSR count). The number of amides is 1. The van der Waals surface area contributed by atoms with Crippen LogP contribution in [0, 0.1) is 0 Å². The van der Waals surface area contributed by atoms with Crippen molar-refractivity contribution < 1.29 is 23.7 Å². The maximum Gasteiger partial charge on any atom is 0.410 e. The Morgan fingerprint density at radius 2 is 1.62 bits per heavy atom. The third kappa shape index (κ3) is 8.42. The zero-order valence-electron chi connectivity index (χ0n) is 19.4. The van der Waals surface area contributed by atoms with E-state index in [1.165, 1.54) is 0 Å². The molecule has 1 amide bonds. The molecule has 6 heteroatoms. The highest BCUT2D eigenvalue weighted by molar-refractivity contribution is 5.68. The summed E-state index contributed by atoms with van der Waals surface area (Å²) in [4.78, 5) is 13.9. The highest BCUT2D eigenvalue weighted by atomic mass is 16.6. The summed E-state index contributed by atoms with van der Waals surface area (Å²) >= 11 is 0. The van der Waals surface area contributed by atoms with Crippen molar-refractivity contribution in [2.24, 2.45) is 0 Å². The minimum Gasteiger partial charge on any atom is -0.493 e. The SMILES string of the molecule is CC(C)(C)OC(=O)N1CCC(OCCCOc2cccc(OCc3ccccc3)c2)CC1. The predicted molar refractivity (Wildman–Crippen MR) is 124 cm³/mol. The number of hydrogen-bond donors (Lipinski definition) is 0. The first-order valence-electron chi connectivity index (χ1n) is 11.4. The van der Waals surface area contributed by atoms with Crippen molar-refractivity contribution in [1.82, 2.24) is 4.90 Å². The van der Waals surface area contributed by atoms with Crippen molar-refractivity contribution in [2.45, 2.75) is 58.3 Å². The van der Waals surface area contributed by atoms with Gasteiger partial charge in [0, 0.05) is 25.6 Å². The number of rotatable bonds is 9. The number of carbonyl (C=O) groups is 1. The van der Waals surface area contributed by atoms with E-state index in [2.05, 4.69) is 0 Å². The van der Waals surface area contributed by atoms with Crippen LogP contribution in [0.1, 0.15) is 45.6 Å². The molecule has 1 heterocycles. The van der Waals surface area contributed by atoms with Gasteiger partial charge in [0.2, 0.25) is 0 Å². The van der Waals surface area contributed by atoms with Gasteiger partial charge in [-0.1, -0.05) is 36.4 Å². The van der Waals surface area contributed by atoms with Crippen LogP contribution < -0.4 is 9.47 Å². The smallest absolute Gasteiger partial charge is 0.410 e. The number of likely N-dealkylation sites (tertiary alicyclic amines) is 1. The Labute approximate surface area is 191 Å². The fourth-order valence-corrected chi connectivity index (χ4v) is 3.43. The standard InChI is InChI=1S/C26H35NO5/c1-26(2,3)32-25(28)27-15-13-22(14-16-27)29-17-8-18-30-23-11-7-12-24(19-23)31-20-21-9-5-4-6-10-21/h4-7,9-12,19,22H,8,13-18,20H2,1-3H3. The minimum absolute atomic E-state index is 0.184. The fourth-order valence-electron chi connectivity index (χ4n) is 3.43. The minimum atomic E-state index is -0.460. The number of ether oxygens (including phenoxy) is 4. The lowest BCUT2D eigenvalue weighted by Crippen LogP contribution is -2.43. The molecule has 0 aromatic heterocycles. The lowest BCUT2D eigenvalue weighted by molar-refractivity contribution is -0.0133. The van der Waals surface area contributed by atoms with Crippen LogP contribution in [-0.4, -0.2) is 49.0 Å². The Kier molecular flexibility index (Phi) is 8.80. The summed E-state index contributed by atoms with van der Waals surface area (Å²) in [6.07, 6.45) is 2.42. The molecule has 2 aromatic rings. The summed E-state index contributed by atoms with van der Waals surface area (Å²) in [6, 6.07) is 17.8. The second kappa shape index (κ2) is 11.8. The molecule has 6 nitrogen and oxygen atoms in total. The average Bonchev–Trinajstić information content (AvgIpc) is 2.78. The van der Waals surface area contributed by atoms with Gasteiger partial charge in [0.15, 0.2) is 0 Å². The summed E-state index contributed by atoms with van der Waals surface area (Å²) in [5.74, 6) is 1.58. The molecular formula is C26H35NO5. The van der Waals surface area contributed by atoms with Gasteiger partial charge in [0.05, 0.1) is 19.3 Å². The molecule has 0 radical (unpaired) electrons. The summed E-state index contributed by atoms with van der Waals surface area (Å²) in [5.41, 5.74) is 0.672. The first-order valence-corrected chi connectivity index (χ1v) is 11.4. The van der Waals surface area contributed by atoms with Crippen LogP contribution in [0.2, 0.25) is 0 Å². The lowest BCUT2D eigenvalue weighted by Gasteiger charge is -2.33. The molecule has 0 bridgehead atoms. The Bertz CT molecular complexity index is 826. The van der Waals surface area contributed by atoms with Crippen molar-refractivity contribution in [3.63, 3.8) is 0 Å². The Morgan fingerprint density at radius 3 is 2.31 bits per heavy atom. The van der Waals surface area contributed by atoms with E-state index in [0.717, 1.165) is 36.3 Å². The molecule has 1 fully saturated rings. The van der Waals surface area contributed by atoms with Crippen molar-refractivity contribution in [3.8, 4) is 11.5 Å². The van der Waals surface area contributed by atoms with Crippen LogP contribution >= 0.6 is 0 Å². The van der Waals surface area contributed by atoms with Gasteiger partial charge in [-0.05, 0) is 51.3 Å². The third-order valence-electron chi connectivity index (χ3n) is 5.06. The maximum atomic E-state index is 12.1. The zero-order valence-corrected chi connectivity index (χ0v) is 19.4. The highest BCUT2D eigenvalue weighted by Crippen LogP contribution is 2.21. The van der Waals surface area contributed by atoms with Crippen LogP contribution in [0.5, 0.6) is 11.5 Å². The van der Waals surface area contributed by atoms with E-state index in [1.807, 2.05) is 75.4 Å². The topological polar surface area (TPSA) is 57.2 Å². The van der Waals surface area contributed by atoms with Crippen molar-refractivity contribution in [3.05, 3.63) is 60.2 Å². The van der Waals surface area contributed by atoms with Crippen molar-refractivity contribution in [2.75, 3.05) is 26.3 Å². The van der Waals surface area contributed by atoms with E-state index in [-0.39, 0.29) is 12.2 Å². The van der Waals surface area contributed by atoms with Gasteiger partial charge in [-0.25, -0.2) is 4.79 Å². The molecule has 0 atom stereocenters. The van der Waals surface area contributed by atoms with Crippen LogP contribution in [0.25, 0.3) is 0 Å². The first-order chi connectivity index (χ1) is 15.4. The molecule has 1 aliphatic heterocycles. The predicted octanol–water partition coefficient (Wildman–Crippen LogP) is 5.45. The van der Waals surface area contributed by atoms with Gasteiger partial charge in [-0.15, -0.1) is 0 Å². The van der Waals surface area contributed by atoms with Crippen LogP contribution in [0.15, 0.2) is 54.6 Å². The molecular weight excluding hydrogens is 406 g/mol. The van der Waals surface area contributed by atoms with Crippen LogP contribution in [0.4, 0.5) is 4.79 Å². The van der Waals surface area contributed by atoms with Gasteiger partial charge in [0.25, 0.3) is 0 Å². The van der Waals surface area contributed by atoms with Gasteiger partial charge in [0.1, 0.15) is 23.7 Å². The molecule has 0 unspecified atom stereocenters. The third-order valence-corrected chi connectivity index (χ3v) is 5.06. The van der Waals surface area contributed by atoms with E-state index in [9.17, 15) is 4.79 Å². The molecule has 0 aliphatic carbocycles. The molecule has 1 saturated heterocycles. The van der Waals surface area contributed by atoms with E-state index >= 15 is 0 Å². The number of hydrogen-bond acceptors (Lipinski definition) is 5. The first kappa shape index (κ1) is 23.9. The normalized spacial score (nSPS) is 14.8. The van der Waals surface area contributed by atoms with Crippen LogP contribution in [-0.2, 0) is 16.1 Å². The molecule has 1 aliphatic rings. The van der Waals surface area contributed by atoms with Gasteiger partial charge in [-0.2, -0.15) is 0 Å². The van der Waals surface area contributed by atoms with Crippen LogP contribution in [0.3, 0.4) is 0 Å². The molecule has 0 spiro atoms. The number of benzene rings is 2. The van der Waals surface area contributed by atoms with E-state index < -0.39 is 5.60 Å². The van der Waals surface area contributed by atoms with E-state index in [1.54, 1.807) is 4.90 Å². The summed E-state index contributed by atoms with van der Waals surface area (Å²) in [7, 11) is 0. The summed E-state index contributed by atoms with van der Waals surface area (Å²) < 4.78 is 23.1. The molecule has 174 valence electrons. The van der Waals surface area contributed by atoms with Crippen molar-refractivity contribution in [1.29, 1.82) is 0 Å². The summed E-state index contributed by atoms with van der Waals surface area (Å²) in [5, 5.41) is 0. The molecule has 2 aromatic carbocycles. The average molecular weight is 442 g/mol. The molecule has 0 saturated carbocycles. The number of nitrogens with zero attached hydrogens (tertiary/aromatic N) is 1. The second-order valence-electron chi connectivity index (χ2n) is 8.99. The maximum absolute atomic E-state index is 12.1. The van der Waals surface area contributed by atoms with E-state index in [0.29, 0.717) is 32.9 Å². The lowest BCUT2D eigenvalue weighted by atomic mass is 10.1. The summed E-state index contributed by atoms with van der Waals surface area (Å²) in [6.45, 7) is 8.76. The zero-order chi connectivity index (χ0) is 22.8. The monoisotopic (exact) mass is 441 g/mol. The quantitative estimate of drug-likeness (QED) is 0.484. The fraction of sp³-hybridized carbons (Fsp3) is 0.500. The number of piperidine rings is 1. The largest absolute Gasteiger partial charge is 0.493 e. The number of carbonyl (C=O) groups excluding carboxylic acids is 1. The second-order valence-corrected chi connectivity index (χ2v) is 8.99. The van der Waals surface area contributed by atoms with E-state index in [4.69, 9.17) is 18.9 Å². The Hall–Kier alpha value is -2.73. The van der Waals surface area contributed by atoms with Gasteiger partial charge >= 0.3 is 6.09 Å². The van der Waals surface area contributed by atoms with Gasteiger partial charge < -0.3 is 23.8 Å². The Balaban J connectivity index is 1.29.